The van der Waals surface area contributed by atoms with Crippen molar-refractivity contribution in [1.29, 1.82) is 0 Å². The van der Waals surface area contributed by atoms with E-state index in [-0.39, 0.29) is 12.4 Å². The Morgan fingerprint density at radius 1 is 1.25 bits per heavy atom. The van der Waals surface area contributed by atoms with Crippen molar-refractivity contribution in [3.05, 3.63) is 35.9 Å². The van der Waals surface area contributed by atoms with Crippen LogP contribution in [0.4, 0.5) is 0 Å². The van der Waals surface area contributed by atoms with E-state index in [1.54, 1.807) is 12.1 Å². The molecule has 2 rings (SSSR count). The average Bonchev–Trinajstić information content (AvgIpc) is 2.29. The summed E-state index contributed by atoms with van der Waals surface area (Å²) in [4.78, 5) is 0. The zero-order chi connectivity index (χ0) is 11.5. The first-order chi connectivity index (χ1) is 7.76. The van der Waals surface area contributed by atoms with Crippen LogP contribution in [0.2, 0.25) is 0 Å². The standard InChI is InChI=1S/C13H14O3/c1-2-16-13-5-3-4-9-6-10(8-14)12(15)7-11(9)13/h3-7,14-15H,2,8H2,1H3. The number of benzene rings is 2. The van der Waals surface area contributed by atoms with Crippen LogP contribution in [0.15, 0.2) is 30.3 Å². The fourth-order valence-corrected chi connectivity index (χ4v) is 1.74. The predicted molar refractivity (Wildman–Crippen MR) is 62.7 cm³/mol. The number of aromatic hydroxyl groups is 1. The second-order valence-corrected chi connectivity index (χ2v) is 3.55. The summed E-state index contributed by atoms with van der Waals surface area (Å²) in [6.45, 7) is 2.34. The normalized spacial score (nSPS) is 10.6. The van der Waals surface area contributed by atoms with E-state index in [0.717, 1.165) is 16.5 Å². The van der Waals surface area contributed by atoms with Crippen LogP contribution in [0.3, 0.4) is 0 Å². The molecule has 0 atom stereocenters. The summed E-state index contributed by atoms with van der Waals surface area (Å²) in [6.07, 6.45) is 0. The van der Waals surface area contributed by atoms with Gasteiger partial charge in [0.25, 0.3) is 0 Å². The third-order valence-corrected chi connectivity index (χ3v) is 2.51. The van der Waals surface area contributed by atoms with Crippen LogP contribution < -0.4 is 4.74 Å². The molecule has 0 bridgehead atoms. The van der Waals surface area contributed by atoms with E-state index in [0.29, 0.717) is 12.2 Å². The van der Waals surface area contributed by atoms with Crippen molar-refractivity contribution in [1.82, 2.24) is 0 Å². The molecule has 2 N–H and O–H groups in total. The summed E-state index contributed by atoms with van der Waals surface area (Å²) >= 11 is 0. The Bertz CT molecular complexity index is 506. The molecular weight excluding hydrogens is 204 g/mol. The number of hydrogen-bond donors (Lipinski definition) is 2. The van der Waals surface area contributed by atoms with Crippen molar-refractivity contribution in [2.24, 2.45) is 0 Å². The van der Waals surface area contributed by atoms with E-state index >= 15 is 0 Å². The molecule has 0 radical (unpaired) electrons. The largest absolute Gasteiger partial charge is 0.508 e. The molecule has 0 heterocycles. The van der Waals surface area contributed by atoms with E-state index in [1.165, 1.54) is 0 Å². The molecule has 0 unspecified atom stereocenters. The fraction of sp³-hybridized carbons (Fsp3) is 0.231. The zero-order valence-corrected chi connectivity index (χ0v) is 9.10. The Labute approximate surface area is 93.9 Å². The number of aliphatic hydroxyl groups excluding tert-OH is 1. The van der Waals surface area contributed by atoms with Crippen LogP contribution in [0.1, 0.15) is 12.5 Å². The number of phenols is 1. The summed E-state index contributed by atoms with van der Waals surface area (Å²) in [5, 5.41) is 20.6. The molecule has 84 valence electrons. The van der Waals surface area contributed by atoms with E-state index < -0.39 is 0 Å². The highest BCUT2D eigenvalue weighted by atomic mass is 16.5. The highest BCUT2D eigenvalue weighted by Gasteiger charge is 2.06. The summed E-state index contributed by atoms with van der Waals surface area (Å²) in [5.41, 5.74) is 0.529. The minimum atomic E-state index is -0.166. The topological polar surface area (TPSA) is 49.7 Å². The molecule has 3 heteroatoms. The molecular formula is C13H14O3. The van der Waals surface area contributed by atoms with Crippen molar-refractivity contribution >= 4 is 10.8 Å². The maximum atomic E-state index is 9.69. The molecule has 0 amide bonds. The van der Waals surface area contributed by atoms with Gasteiger partial charge in [0, 0.05) is 10.9 Å². The van der Waals surface area contributed by atoms with Gasteiger partial charge in [0.1, 0.15) is 11.5 Å². The van der Waals surface area contributed by atoms with Gasteiger partial charge in [-0.15, -0.1) is 0 Å². The Balaban J connectivity index is 2.64. The number of fused-ring (bicyclic) bond motifs is 1. The smallest absolute Gasteiger partial charge is 0.127 e. The quantitative estimate of drug-likeness (QED) is 0.831. The molecule has 2 aromatic rings. The van der Waals surface area contributed by atoms with Gasteiger partial charge in [0.05, 0.1) is 13.2 Å². The molecule has 3 nitrogen and oxygen atoms in total. The van der Waals surface area contributed by atoms with E-state index in [2.05, 4.69) is 0 Å². The van der Waals surface area contributed by atoms with Gasteiger partial charge in [-0.3, -0.25) is 0 Å². The lowest BCUT2D eigenvalue weighted by molar-refractivity contribution is 0.276. The van der Waals surface area contributed by atoms with Gasteiger partial charge in [-0.2, -0.15) is 0 Å². The molecule has 0 saturated heterocycles. The van der Waals surface area contributed by atoms with Crippen molar-refractivity contribution < 1.29 is 14.9 Å². The Morgan fingerprint density at radius 3 is 2.75 bits per heavy atom. The third-order valence-electron chi connectivity index (χ3n) is 2.51. The van der Waals surface area contributed by atoms with Crippen LogP contribution >= 0.6 is 0 Å². The van der Waals surface area contributed by atoms with Gasteiger partial charge in [0.2, 0.25) is 0 Å². The van der Waals surface area contributed by atoms with Crippen LogP contribution in [0, 0.1) is 0 Å². The van der Waals surface area contributed by atoms with Crippen LogP contribution in [0.25, 0.3) is 10.8 Å². The molecule has 0 saturated carbocycles. The molecule has 16 heavy (non-hydrogen) atoms. The van der Waals surface area contributed by atoms with Crippen LogP contribution in [-0.2, 0) is 6.61 Å². The lowest BCUT2D eigenvalue weighted by Gasteiger charge is -2.09. The average molecular weight is 218 g/mol. The summed E-state index contributed by atoms with van der Waals surface area (Å²) in [7, 11) is 0. The predicted octanol–water partition coefficient (Wildman–Crippen LogP) is 2.44. The highest BCUT2D eigenvalue weighted by molar-refractivity contribution is 5.90. The second kappa shape index (κ2) is 4.41. The molecule has 0 spiro atoms. The molecule has 0 aromatic heterocycles. The first-order valence-electron chi connectivity index (χ1n) is 5.24. The second-order valence-electron chi connectivity index (χ2n) is 3.55. The Kier molecular flexibility index (Phi) is 2.97. The Hall–Kier alpha value is -1.74. The third kappa shape index (κ3) is 1.82. The maximum absolute atomic E-state index is 9.69. The molecule has 0 aliphatic rings. The SMILES string of the molecule is CCOc1cccc2cc(CO)c(O)cc12. The van der Waals surface area contributed by atoms with E-state index in [9.17, 15) is 5.11 Å². The van der Waals surface area contributed by atoms with Gasteiger partial charge in [-0.1, -0.05) is 12.1 Å². The molecule has 0 aliphatic carbocycles. The number of ether oxygens (including phenoxy) is 1. The number of rotatable bonds is 3. The number of hydrogen-bond acceptors (Lipinski definition) is 3. The minimum Gasteiger partial charge on any atom is -0.508 e. The highest BCUT2D eigenvalue weighted by Crippen LogP contribution is 2.31. The van der Waals surface area contributed by atoms with E-state index in [1.807, 2.05) is 25.1 Å². The van der Waals surface area contributed by atoms with Gasteiger partial charge >= 0.3 is 0 Å². The monoisotopic (exact) mass is 218 g/mol. The lowest BCUT2D eigenvalue weighted by Crippen LogP contribution is -1.93. The van der Waals surface area contributed by atoms with Crippen LogP contribution in [0.5, 0.6) is 11.5 Å². The number of aliphatic hydroxyl groups is 1. The Morgan fingerprint density at radius 2 is 2.06 bits per heavy atom. The summed E-state index contributed by atoms with van der Waals surface area (Å²) in [6, 6.07) is 9.09. The lowest BCUT2D eigenvalue weighted by atomic mass is 10.1. The van der Waals surface area contributed by atoms with Gasteiger partial charge in [-0.25, -0.2) is 0 Å². The van der Waals surface area contributed by atoms with Gasteiger partial charge in [0.15, 0.2) is 0 Å². The maximum Gasteiger partial charge on any atom is 0.127 e. The fourth-order valence-electron chi connectivity index (χ4n) is 1.74. The summed E-state index contributed by atoms with van der Waals surface area (Å²) in [5.74, 6) is 0.849. The summed E-state index contributed by atoms with van der Waals surface area (Å²) < 4.78 is 5.47. The van der Waals surface area contributed by atoms with Crippen molar-refractivity contribution in [3.8, 4) is 11.5 Å². The molecule has 0 fully saturated rings. The zero-order valence-electron chi connectivity index (χ0n) is 9.10. The van der Waals surface area contributed by atoms with Crippen LogP contribution in [-0.4, -0.2) is 16.8 Å². The minimum absolute atomic E-state index is 0.0992. The first kappa shape index (κ1) is 10.8. The van der Waals surface area contributed by atoms with Crippen molar-refractivity contribution in [2.75, 3.05) is 6.61 Å². The molecule has 0 aliphatic heterocycles. The first-order valence-corrected chi connectivity index (χ1v) is 5.24. The van der Waals surface area contributed by atoms with Crippen molar-refractivity contribution in [2.45, 2.75) is 13.5 Å². The molecule has 2 aromatic carbocycles. The van der Waals surface area contributed by atoms with E-state index in [4.69, 9.17) is 9.84 Å². The van der Waals surface area contributed by atoms with Gasteiger partial charge < -0.3 is 14.9 Å². The van der Waals surface area contributed by atoms with Gasteiger partial charge in [-0.05, 0) is 30.5 Å². The van der Waals surface area contributed by atoms with Crippen molar-refractivity contribution in [3.63, 3.8) is 0 Å².